The number of thiocarbonyl (C=S) groups is 1. The highest BCUT2D eigenvalue weighted by molar-refractivity contribution is 7.80. The fraction of sp³-hybridized carbons (Fsp3) is 0. The number of nitrogens with zero attached hydrogens (tertiary/aromatic N) is 1. The molecule has 0 unspecified atom stereocenters. The molecule has 0 fully saturated rings. The summed E-state index contributed by atoms with van der Waals surface area (Å²) in [6.45, 7) is 0. The van der Waals surface area contributed by atoms with E-state index < -0.39 is 17.6 Å². The maximum Gasteiger partial charge on any atom is 0.339 e. The van der Waals surface area contributed by atoms with Crippen LogP contribution in [0.4, 0.5) is 5.69 Å². The van der Waals surface area contributed by atoms with Gasteiger partial charge in [-0.15, -0.1) is 0 Å². The van der Waals surface area contributed by atoms with Gasteiger partial charge in [-0.1, -0.05) is 0 Å². The number of carbonyl (C=O) groups excluding carboxylic acids is 1. The van der Waals surface area contributed by atoms with Crippen LogP contribution in [0.3, 0.4) is 0 Å². The van der Waals surface area contributed by atoms with Crippen LogP contribution in [-0.4, -0.2) is 32.2 Å². The van der Waals surface area contributed by atoms with Crippen molar-refractivity contribution in [2.24, 2.45) is 0 Å². The van der Waals surface area contributed by atoms with Gasteiger partial charge in [0.2, 0.25) is 0 Å². The van der Waals surface area contributed by atoms with Gasteiger partial charge in [0.1, 0.15) is 11.3 Å². The van der Waals surface area contributed by atoms with Crippen LogP contribution in [0.2, 0.25) is 0 Å². The fourth-order valence-corrected chi connectivity index (χ4v) is 1.81. The van der Waals surface area contributed by atoms with Crippen molar-refractivity contribution in [3.63, 3.8) is 0 Å². The molecule has 1 amide bonds. The highest BCUT2D eigenvalue weighted by atomic mass is 32.1. The quantitative estimate of drug-likeness (QED) is 0.418. The highest BCUT2D eigenvalue weighted by Crippen LogP contribution is 2.21. The number of aromatic carboxylic acids is 1. The fourth-order valence-electron chi connectivity index (χ4n) is 1.64. The molecule has 0 aliphatic carbocycles. The van der Waals surface area contributed by atoms with Crippen LogP contribution < -0.4 is 16.2 Å². The smallest absolute Gasteiger partial charge is 0.339 e. The Hall–Kier alpha value is -3.20. The molecule has 118 valence electrons. The number of benzene rings is 1. The van der Waals surface area contributed by atoms with E-state index in [4.69, 9.17) is 17.3 Å². The van der Waals surface area contributed by atoms with Crippen LogP contribution in [0.5, 0.6) is 5.75 Å². The number of aromatic hydroxyl groups is 1. The average Bonchev–Trinajstić information content (AvgIpc) is 2.53. The summed E-state index contributed by atoms with van der Waals surface area (Å²) in [5, 5.41) is 21.2. The lowest BCUT2D eigenvalue weighted by atomic mass is 10.2. The molecular formula is C14H12N4O4S. The molecule has 0 bridgehead atoms. The first-order chi connectivity index (χ1) is 11.0. The van der Waals surface area contributed by atoms with E-state index in [0.29, 0.717) is 11.3 Å². The van der Waals surface area contributed by atoms with Gasteiger partial charge in [0.05, 0.1) is 0 Å². The molecule has 5 N–H and O–H groups in total. The van der Waals surface area contributed by atoms with Crippen molar-refractivity contribution >= 4 is 34.9 Å². The standard InChI is InChI=1S/C14H12N4O4S/c19-11-7-9(1-2-10(11)13(21)22)16-14(23)18-17-12(20)8-3-5-15-6-4-8/h1-7,19H,(H,17,20)(H,21,22)(H2,16,18,23). The van der Waals surface area contributed by atoms with Crippen LogP contribution in [0.15, 0.2) is 42.7 Å². The largest absolute Gasteiger partial charge is 0.507 e. The highest BCUT2D eigenvalue weighted by Gasteiger charge is 2.10. The predicted octanol–water partition coefficient (Wildman–Crippen LogP) is 1.12. The molecule has 2 rings (SSSR count). The molecule has 0 aliphatic rings. The van der Waals surface area contributed by atoms with Crippen LogP contribution in [0.1, 0.15) is 20.7 Å². The molecule has 0 saturated heterocycles. The molecule has 1 aromatic heterocycles. The summed E-state index contributed by atoms with van der Waals surface area (Å²) < 4.78 is 0. The lowest BCUT2D eigenvalue weighted by molar-refractivity contribution is 0.0693. The number of carboxylic acids is 1. The van der Waals surface area contributed by atoms with E-state index >= 15 is 0 Å². The van der Waals surface area contributed by atoms with E-state index in [2.05, 4.69) is 21.2 Å². The molecule has 0 saturated carbocycles. The summed E-state index contributed by atoms with van der Waals surface area (Å²) in [6.07, 6.45) is 2.97. The third kappa shape index (κ3) is 4.38. The number of hydrazine groups is 1. The summed E-state index contributed by atoms with van der Waals surface area (Å²) in [4.78, 5) is 26.4. The Morgan fingerprint density at radius 1 is 1.09 bits per heavy atom. The molecule has 2 aromatic rings. The third-order valence-corrected chi connectivity index (χ3v) is 2.92. The van der Waals surface area contributed by atoms with Gasteiger partial charge in [-0.05, 0) is 36.5 Å². The molecule has 9 heteroatoms. The summed E-state index contributed by atoms with van der Waals surface area (Å²) in [7, 11) is 0. The first-order valence-corrected chi connectivity index (χ1v) is 6.72. The van der Waals surface area contributed by atoms with Crippen molar-refractivity contribution in [3.05, 3.63) is 53.9 Å². The minimum atomic E-state index is -1.24. The zero-order valence-electron chi connectivity index (χ0n) is 11.6. The Morgan fingerprint density at radius 2 is 1.78 bits per heavy atom. The van der Waals surface area contributed by atoms with Gasteiger partial charge < -0.3 is 15.5 Å². The van der Waals surface area contributed by atoms with Crippen molar-refractivity contribution in [2.45, 2.75) is 0 Å². The van der Waals surface area contributed by atoms with E-state index in [0.717, 1.165) is 0 Å². The van der Waals surface area contributed by atoms with Crippen molar-refractivity contribution in [2.75, 3.05) is 5.32 Å². The van der Waals surface area contributed by atoms with E-state index in [9.17, 15) is 14.7 Å². The van der Waals surface area contributed by atoms with Gasteiger partial charge in [-0.25, -0.2) is 4.79 Å². The Bertz CT molecular complexity index is 752. The van der Waals surface area contributed by atoms with Gasteiger partial charge in [0.15, 0.2) is 5.11 Å². The van der Waals surface area contributed by atoms with E-state index in [-0.39, 0.29) is 10.7 Å². The number of rotatable bonds is 3. The SMILES string of the molecule is O=C(NNC(=S)Nc1ccc(C(=O)O)c(O)c1)c1ccncc1. The number of pyridine rings is 1. The second-order valence-corrected chi connectivity index (χ2v) is 4.71. The lowest BCUT2D eigenvalue weighted by Gasteiger charge is -2.12. The number of hydrogen-bond donors (Lipinski definition) is 5. The Labute approximate surface area is 136 Å². The summed E-state index contributed by atoms with van der Waals surface area (Å²) in [5.74, 6) is -2.04. The second kappa shape index (κ2) is 7.18. The van der Waals surface area contributed by atoms with Gasteiger partial charge in [-0.2, -0.15) is 0 Å². The zero-order chi connectivity index (χ0) is 16.8. The van der Waals surface area contributed by atoms with Crippen LogP contribution >= 0.6 is 12.2 Å². The number of aromatic nitrogens is 1. The van der Waals surface area contributed by atoms with Crippen LogP contribution in [0, 0.1) is 0 Å². The molecule has 0 aliphatic heterocycles. The van der Waals surface area contributed by atoms with Crippen LogP contribution in [0.25, 0.3) is 0 Å². The zero-order valence-corrected chi connectivity index (χ0v) is 12.4. The van der Waals surface area contributed by atoms with Gasteiger partial charge in [-0.3, -0.25) is 20.6 Å². The first kappa shape index (κ1) is 16.2. The number of amides is 1. The average molecular weight is 332 g/mol. The van der Waals surface area contributed by atoms with Crippen molar-refractivity contribution < 1.29 is 19.8 Å². The maximum atomic E-state index is 11.8. The molecule has 1 heterocycles. The van der Waals surface area contributed by atoms with Gasteiger partial charge in [0, 0.05) is 29.7 Å². The summed E-state index contributed by atoms with van der Waals surface area (Å²) in [5.41, 5.74) is 5.42. The minimum absolute atomic E-state index is 0.0647. The summed E-state index contributed by atoms with van der Waals surface area (Å²) in [6, 6.07) is 6.95. The molecule has 23 heavy (non-hydrogen) atoms. The monoisotopic (exact) mass is 332 g/mol. The Morgan fingerprint density at radius 3 is 2.39 bits per heavy atom. The predicted molar refractivity (Wildman–Crippen MR) is 86.1 cm³/mol. The number of carbonyl (C=O) groups is 2. The lowest BCUT2D eigenvalue weighted by Crippen LogP contribution is -2.43. The Balaban J connectivity index is 1.91. The van der Waals surface area contributed by atoms with E-state index in [1.165, 1.54) is 42.7 Å². The number of hydrogen-bond acceptors (Lipinski definition) is 5. The molecule has 1 aromatic carbocycles. The van der Waals surface area contributed by atoms with Crippen LogP contribution in [-0.2, 0) is 0 Å². The van der Waals surface area contributed by atoms with E-state index in [1.54, 1.807) is 0 Å². The van der Waals surface area contributed by atoms with E-state index in [1.807, 2.05) is 0 Å². The normalized spacial score (nSPS) is 9.74. The minimum Gasteiger partial charge on any atom is -0.507 e. The van der Waals surface area contributed by atoms with Crippen molar-refractivity contribution in [1.29, 1.82) is 0 Å². The Kier molecular flexibility index (Phi) is 5.05. The number of phenols is 1. The molecule has 0 spiro atoms. The number of anilines is 1. The third-order valence-electron chi connectivity index (χ3n) is 2.72. The molecule has 0 atom stereocenters. The maximum absolute atomic E-state index is 11.8. The first-order valence-electron chi connectivity index (χ1n) is 6.31. The topological polar surface area (TPSA) is 124 Å². The van der Waals surface area contributed by atoms with Gasteiger partial charge in [0.25, 0.3) is 5.91 Å². The molecule has 8 nitrogen and oxygen atoms in total. The summed E-state index contributed by atoms with van der Waals surface area (Å²) >= 11 is 4.98. The van der Waals surface area contributed by atoms with Crippen molar-refractivity contribution in [3.8, 4) is 5.75 Å². The molecule has 0 radical (unpaired) electrons. The van der Waals surface area contributed by atoms with Gasteiger partial charge >= 0.3 is 5.97 Å². The number of carboxylic acid groups (broad SMARTS) is 1. The number of nitrogens with one attached hydrogen (secondary N) is 3. The second-order valence-electron chi connectivity index (χ2n) is 4.31. The van der Waals surface area contributed by atoms with Crippen molar-refractivity contribution in [1.82, 2.24) is 15.8 Å². The molecular weight excluding hydrogens is 320 g/mol.